The van der Waals surface area contributed by atoms with Gasteiger partial charge in [-0.2, -0.15) is 5.10 Å². The van der Waals surface area contributed by atoms with Crippen LogP contribution in [0.5, 0.6) is 5.75 Å². The van der Waals surface area contributed by atoms with Crippen molar-refractivity contribution in [3.63, 3.8) is 0 Å². The molecule has 129 heavy (non-hydrogen) atoms. The SMILES string of the molecule is CC(C)N1CCN(c2ccc(Nc3ccc(-c4csc(C(N)=O)c4)n4ccnc34)cc2)CC1.CN1CCN(c2ccc(Nc3ccc(-c4cn[nH]c4)n4ccnc34)c(F)c2)CC1.O=C(NCc1ccc(O)cc1)c1ccc(Nc2ccc(-c3cc[nH]c(=O)c3)n3ccnc23)cc1.O=C(NCc1cccnc1)c1ccc(Nc2ccc(-c3cc[nH]c(=O)c3)n3ccnc23)cc1. The third-order valence-corrected chi connectivity index (χ3v) is 23.3. The number of primary amides is 1. The van der Waals surface area contributed by atoms with Gasteiger partial charge in [0.2, 0.25) is 11.1 Å². The largest absolute Gasteiger partial charge is 0.508 e. The number of pyridine rings is 7. The molecule has 0 radical (unpaired) electrons. The molecule has 18 aromatic rings. The number of amides is 3. The number of phenols is 1. The third-order valence-electron chi connectivity index (χ3n) is 22.3. The fraction of sp³-hybridized carbons (Fsp3) is 0.144. The topological polar surface area (TPSA) is 359 Å². The molecule has 2 aliphatic heterocycles. The number of nitrogens with two attached hydrogens (primary N) is 1. The zero-order valence-corrected chi connectivity index (χ0v) is 71.4. The van der Waals surface area contributed by atoms with Crippen molar-refractivity contribution in [2.75, 3.05) is 90.5 Å². The number of aromatic nitrogens is 13. The minimum absolute atomic E-state index is 0.150. The number of H-pyrrole nitrogens is 3. The minimum atomic E-state index is -0.406. The molecule has 15 heterocycles. The van der Waals surface area contributed by atoms with Gasteiger partial charge in [-0.1, -0.05) is 18.2 Å². The van der Waals surface area contributed by atoms with E-state index in [2.05, 4.69) is 142 Å². The third kappa shape index (κ3) is 20.1. The predicted molar refractivity (Wildman–Crippen MR) is 504 cm³/mol. The molecule has 2 fully saturated rings. The van der Waals surface area contributed by atoms with Gasteiger partial charge < -0.3 is 67.4 Å². The molecule has 0 aliphatic carbocycles. The Hall–Kier alpha value is -16.3. The second-order valence-electron chi connectivity index (χ2n) is 31.1. The molecular formula is C97H91FN24O6S. The molecule has 32 heteroatoms. The second-order valence-corrected chi connectivity index (χ2v) is 32.0. The van der Waals surface area contributed by atoms with E-state index in [0.717, 1.165) is 171 Å². The van der Waals surface area contributed by atoms with Gasteiger partial charge in [-0.05, 0) is 208 Å². The van der Waals surface area contributed by atoms with Crippen molar-refractivity contribution in [2.24, 2.45) is 5.73 Å². The molecule has 12 N–H and O–H groups in total. The summed E-state index contributed by atoms with van der Waals surface area (Å²) in [5.41, 5.74) is 26.7. The van der Waals surface area contributed by atoms with Gasteiger partial charge in [0.1, 0.15) is 11.6 Å². The van der Waals surface area contributed by atoms with Crippen LogP contribution in [0.25, 0.3) is 67.6 Å². The first kappa shape index (κ1) is 84.9. The Morgan fingerprint density at radius 3 is 1.37 bits per heavy atom. The van der Waals surface area contributed by atoms with Crippen LogP contribution in [0.4, 0.5) is 61.3 Å². The van der Waals surface area contributed by atoms with E-state index in [1.807, 2.05) is 163 Å². The number of aromatic amines is 3. The lowest BCUT2D eigenvalue weighted by atomic mass is 10.1. The van der Waals surface area contributed by atoms with Gasteiger partial charge in [-0.25, -0.2) is 24.3 Å². The summed E-state index contributed by atoms with van der Waals surface area (Å²) >= 11 is 1.35. The second kappa shape index (κ2) is 38.8. The monoisotopic (exact) mass is 1740 g/mol. The van der Waals surface area contributed by atoms with E-state index < -0.39 is 5.91 Å². The Kier molecular flexibility index (Phi) is 25.6. The quantitative estimate of drug-likeness (QED) is 0.0300. The number of benzene rings is 5. The van der Waals surface area contributed by atoms with E-state index in [9.17, 15) is 33.5 Å². The van der Waals surface area contributed by atoms with Crippen LogP contribution >= 0.6 is 11.3 Å². The van der Waals surface area contributed by atoms with Crippen LogP contribution in [0.3, 0.4) is 0 Å². The zero-order valence-electron chi connectivity index (χ0n) is 70.6. The summed E-state index contributed by atoms with van der Waals surface area (Å²) in [5, 5.41) is 37.3. The van der Waals surface area contributed by atoms with Crippen LogP contribution in [-0.4, -0.2) is 161 Å². The summed E-state index contributed by atoms with van der Waals surface area (Å²) in [7, 11) is 2.11. The Balaban J connectivity index is 0.000000121. The van der Waals surface area contributed by atoms with Crippen molar-refractivity contribution >= 4 is 109 Å². The summed E-state index contributed by atoms with van der Waals surface area (Å²) in [5.74, 6) is -0.821. The van der Waals surface area contributed by atoms with Gasteiger partial charge in [0.15, 0.2) is 22.6 Å². The number of phenolic OH excluding ortho intramolecular Hbond substituents is 1. The fourth-order valence-corrected chi connectivity index (χ4v) is 16.2. The van der Waals surface area contributed by atoms with Crippen LogP contribution in [0.15, 0.2) is 308 Å². The molecule has 0 spiro atoms. The van der Waals surface area contributed by atoms with Crippen molar-refractivity contribution in [1.82, 2.24) is 83.1 Å². The van der Waals surface area contributed by atoms with Crippen LogP contribution in [0, 0.1) is 5.82 Å². The Bertz CT molecular complexity index is 7080. The Labute approximate surface area is 743 Å². The summed E-state index contributed by atoms with van der Waals surface area (Å²) in [4.78, 5) is 97.1. The number of hydrogen-bond donors (Lipinski definition) is 11. The zero-order chi connectivity index (χ0) is 88.9. The number of rotatable bonds is 22. The number of fused-ring (bicyclic) bond motifs is 4. The molecule has 0 bridgehead atoms. The molecule has 20 rings (SSSR count). The number of anilines is 10. The number of hydrogen-bond acceptors (Lipinski definition) is 21. The number of carbonyl (C=O) groups excluding carboxylic acids is 3. The lowest BCUT2D eigenvalue weighted by Crippen LogP contribution is -2.48. The lowest BCUT2D eigenvalue weighted by Gasteiger charge is -2.38. The maximum absolute atomic E-state index is 14.9. The van der Waals surface area contributed by atoms with Crippen LogP contribution < -0.4 is 58.6 Å². The average molecular weight is 1740 g/mol. The van der Waals surface area contributed by atoms with E-state index in [0.29, 0.717) is 46.5 Å². The van der Waals surface area contributed by atoms with E-state index in [1.165, 1.54) is 17.0 Å². The first-order chi connectivity index (χ1) is 62.9. The first-order valence-electron chi connectivity index (χ1n) is 41.9. The molecular weight excluding hydrogens is 1650 g/mol. The summed E-state index contributed by atoms with van der Waals surface area (Å²) < 4.78 is 22.7. The highest BCUT2D eigenvalue weighted by Crippen LogP contribution is 2.36. The Morgan fingerprint density at radius 1 is 0.473 bits per heavy atom. The van der Waals surface area contributed by atoms with Crippen LogP contribution in [-0.2, 0) is 13.1 Å². The number of nitrogens with zero attached hydrogens (tertiary/aromatic N) is 14. The van der Waals surface area contributed by atoms with E-state index in [1.54, 1.807) is 129 Å². The number of thiophene rings is 1. The molecule has 0 saturated carbocycles. The van der Waals surface area contributed by atoms with Crippen molar-refractivity contribution in [1.29, 1.82) is 0 Å². The summed E-state index contributed by atoms with van der Waals surface area (Å²) in [6, 6.07) is 63.7. The van der Waals surface area contributed by atoms with E-state index in [-0.39, 0.29) is 34.5 Å². The number of carbonyl (C=O) groups is 3. The number of likely N-dealkylation sites (N-methyl/N-ethyl adjacent to an activating group) is 1. The number of aromatic hydroxyl groups is 1. The minimum Gasteiger partial charge on any atom is -0.508 e. The van der Waals surface area contributed by atoms with Gasteiger partial charge in [-0.15, -0.1) is 11.3 Å². The van der Waals surface area contributed by atoms with Crippen molar-refractivity contribution < 1.29 is 23.9 Å². The van der Waals surface area contributed by atoms with Gasteiger partial charge in [0, 0.05) is 231 Å². The van der Waals surface area contributed by atoms with Gasteiger partial charge >= 0.3 is 0 Å². The molecule has 2 aliphatic rings. The molecule has 3 amide bonds. The van der Waals surface area contributed by atoms with Crippen LogP contribution in [0.1, 0.15) is 55.4 Å². The highest BCUT2D eigenvalue weighted by molar-refractivity contribution is 7.12. The molecule has 30 nitrogen and oxygen atoms in total. The molecule has 13 aromatic heterocycles. The summed E-state index contributed by atoms with van der Waals surface area (Å²) in [6.07, 6.45) is 24.7. The number of piperazine rings is 2. The lowest BCUT2D eigenvalue weighted by molar-refractivity contribution is 0.0943. The van der Waals surface area contributed by atoms with Gasteiger partial charge in [0.05, 0.1) is 62.3 Å². The maximum Gasteiger partial charge on any atom is 0.258 e. The van der Waals surface area contributed by atoms with Crippen molar-refractivity contribution in [2.45, 2.75) is 33.0 Å². The maximum atomic E-state index is 14.9. The number of nitrogens with one attached hydrogen (secondary N) is 9. The smallest absolute Gasteiger partial charge is 0.258 e. The summed E-state index contributed by atoms with van der Waals surface area (Å²) in [6.45, 7) is 13.4. The number of imidazole rings is 4. The highest BCUT2D eigenvalue weighted by atomic mass is 32.1. The first-order valence-corrected chi connectivity index (χ1v) is 42.7. The molecule has 5 aromatic carbocycles. The van der Waals surface area contributed by atoms with Crippen LogP contribution in [0.2, 0.25) is 0 Å². The van der Waals surface area contributed by atoms with Gasteiger partial charge in [0.25, 0.3) is 17.7 Å². The molecule has 0 unspecified atom stereocenters. The normalized spacial score (nSPS) is 12.8. The standard InChI is InChI=1S/C26H21N5O3.C25H20N6O2.C25H28N6OS.C21H22FN7/c32-21-7-1-17(2-8-21)16-29-26(34)18-3-5-20(6-4-18)30-22-9-10-23(31-14-13-28-25(22)31)19-11-12-27-24(33)15-19;32-23-14-19(9-11-27-23)22-8-7-21(24-28-12-13-31(22)24)30-20-5-3-18(4-6-20)25(33)29-16-17-2-1-10-26-15-17;1-17(2)29-11-13-30(14-12-29)20-5-3-19(4-6-20)28-21-7-8-22(31-10-9-27-25(21)31)18-15-23(24(26)32)33-16-18;1-27-8-10-28(11-9-27)16-2-3-18(17(22)12-16)26-19-4-5-20(15-13-24-25-14-15)29-7-6-23-21(19)29/h1-15,30,32H,16H2,(H,27,33)(H,29,34);1-15,30H,16H2,(H,27,32)(H,29,33);3-10,15-17,28H,11-14H2,1-2H3,(H2,26,32);2-7,12-14,26H,8-11H2,1H3,(H,24,25). The fourth-order valence-electron chi connectivity index (χ4n) is 15.4. The predicted octanol–water partition coefficient (Wildman–Crippen LogP) is 15.6. The van der Waals surface area contributed by atoms with Crippen molar-refractivity contribution in [3.05, 3.63) is 352 Å². The highest BCUT2D eigenvalue weighted by Gasteiger charge is 2.23. The number of halogens is 1. The van der Waals surface area contributed by atoms with Crippen molar-refractivity contribution in [3.8, 4) is 50.8 Å². The van der Waals surface area contributed by atoms with Gasteiger partial charge in [-0.3, -0.25) is 56.6 Å². The van der Waals surface area contributed by atoms with E-state index in [4.69, 9.17) is 5.73 Å². The molecule has 648 valence electrons. The molecule has 2 saturated heterocycles. The molecule has 0 atom stereocenters. The van der Waals surface area contributed by atoms with E-state index >= 15 is 0 Å². The average Bonchev–Trinajstić information content (AvgIpc) is 1.73. The Morgan fingerprint density at radius 2 is 0.922 bits per heavy atom.